The summed E-state index contributed by atoms with van der Waals surface area (Å²) in [7, 11) is 3.01. The number of benzene rings is 1. The third kappa shape index (κ3) is 3.93. The molecule has 1 atom stereocenters. The topological polar surface area (TPSA) is 108 Å². The third-order valence-electron chi connectivity index (χ3n) is 4.55. The first-order chi connectivity index (χ1) is 14.2. The Bertz CT molecular complexity index is 1010. The molecule has 0 saturated carbocycles. The summed E-state index contributed by atoms with van der Waals surface area (Å²) in [5, 5.41) is 2.95. The predicted octanol–water partition coefficient (Wildman–Crippen LogP) is 1.68. The van der Waals surface area contributed by atoms with Crippen LogP contribution in [0.4, 0.5) is 0 Å². The van der Waals surface area contributed by atoms with Crippen molar-refractivity contribution in [1.29, 1.82) is 0 Å². The van der Waals surface area contributed by atoms with Crippen molar-refractivity contribution in [2.24, 2.45) is 0 Å². The highest BCUT2D eigenvalue weighted by molar-refractivity contribution is 5.92. The van der Waals surface area contributed by atoms with Crippen molar-refractivity contribution in [3.05, 3.63) is 54.2 Å². The number of methoxy groups -OCH3 is 2. The van der Waals surface area contributed by atoms with Gasteiger partial charge in [0.25, 0.3) is 5.91 Å². The van der Waals surface area contributed by atoms with Crippen LogP contribution in [0, 0.1) is 0 Å². The summed E-state index contributed by atoms with van der Waals surface area (Å²) in [5.74, 6) is 0.818. The largest absolute Gasteiger partial charge is 0.491 e. The number of rotatable bonds is 5. The molecule has 2 aromatic heterocycles. The minimum atomic E-state index is -0.317. The lowest BCUT2D eigenvalue weighted by molar-refractivity contribution is 0.0910. The van der Waals surface area contributed by atoms with Crippen LogP contribution in [0.25, 0.3) is 11.1 Å². The number of fused-ring (bicyclic) bond motifs is 1. The Kier molecular flexibility index (Phi) is 5.19. The van der Waals surface area contributed by atoms with Crippen molar-refractivity contribution in [2.45, 2.75) is 12.5 Å². The van der Waals surface area contributed by atoms with Crippen molar-refractivity contribution in [3.63, 3.8) is 0 Å². The molecule has 9 nitrogen and oxygen atoms in total. The molecule has 1 aromatic carbocycles. The number of nitrogens with one attached hydrogen (secondary N) is 1. The molecule has 29 heavy (non-hydrogen) atoms. The van der Waals surface area contributed by atoms with E-state index >= 15 is 0 Å². The molecule has 0 spiro atoms. The Morgan fingerprint density at radius 1 is 1.07 bits per heavy atom. The fourth-order valence-corrected chi connectivity index (χ4v) is 3.13. The van der Waals surface area contributed by atoms with E-state index in [4.69, 9.17) is 14.2 Å². The highest BCUT2D eigenvalue weighted by atomic mass is 16.5. The van der Waals surface area contributed by atoms with Gasteiger partial charge in [-0.25, -0.2) is 19.9 Å². The zero-order valence-electron chi connectivity index (χ0n) is 16.0. The monoisotopic (exact) mass is 393 g/mol. The maximum atomic E-state index is 12.5. The quantitative estimate of drug-likeness (QED) is 0.698. The Balaban J connectivity index is 1.53. The molecule has 0 fully saturated rings. The van der Waals surface area contributed by atoms with Gasteiger partial charge in [0.2, 0.25) is 5.88 Å². The number of aromatic nitrogens is 4. The number of hydrogen-bond acceptors (Lipinski definition) is 8. The lowest BCUT2D eigenvalue weighted by atomic mass is 9.94. The van der Waals surface area contributed by atoms with Crippen LogP contribution in [0.15, 0.2) is 43.0 Å². The van der Waals surface area contributed by atoms with E-state index in [1.807, 2.05) is 18.2 Å². The molecule has 0 saturated heterocycles. The van der Waals surface area contributed by atoms with Gasteiger partial charge >= 0.3 is 6.01 Å². The standard InChI is InChI=1S/C20H19N5O4/c1-27-18-10-21-16(9-22-18)19(26)25-13-6-15-14(4-3-5-17(15)29-11-13)12-7-23-20(28-2)24-8-12/h3-5,7-10,13H,6,11H2,1-2H3,(H,25,26)/t13-/m0/s1. The molecule has 9 heteroatoms. The summed E-state index contributed by atoms with van der Waals surface area (Å²) in [4.78, 5) is 28.9. The van der Waals surface area contributed by atoms with Crippen LogP contribution in [0.5, 0.6) is 17.6 Å². The summed E-state index contributed by atoms with van der Waals surface area (Å²) in [6, 6.07) is 5.91. The van der Waals surface area contributed by atoms with Crippen LogP contribution in [0.3, 0.4) is 0 Å². The van der Waals surface area contributed by atoms with Gasteiger partial charge in [0.1, 0.15) is 18.1 Å². The third-order valence-corrected chi connectivity index (χ3v) is 4.55. The number of amides is 1. The van der Waals surface area contributed by atoms with E-state index in [0.717, 1.165) is 22.4 Å². The Hall–Kier alpha value is -3.75. The molecule has 3 aromatic rings. The lowest BCUT2D eigenvalue weighted by Crippen LogP contribution is -2.43. The minimum Gasteiger partial charge on any atom is -0.491 e. The molecule has 1 aliphatic rings. The summed E-state index contributed by atoms with van der Waals surface area (Å²) in [6.07, 6.45) is 6.80. The van der Waals surface area contributed by atoms with Crippen molar-refractivity contribution in [2.75, 3.05) is 20.8 Å². The smallest absolute Gasteiger partial charge is 0.316 e. The molecular formula is C20H19N5O4. The Morgan fingerprint density at radius 2 is 1.90 bits per heavy atom. The van der Waals surface area contributed by atoms with Crippen molar-refractivity contribution in [3.8, 4) is 28.8 Å². The second-order valence-electron chi connectivity index (χ2n) is 6.37. The van der Waals surface area contributed by atoms with Crippen LogP contribution in [0.1, 0.15) is 16.1 Å². The fraction of sp³-hybridized carbons (Fsp3) is 0.250. The highest BCUT2D eigenvalue weighted by Gasteiger charge is 2.25. The molecule has 1 aliphatic heterocycles. The summed E-state index contributed by atoms with van der Waals surface area (Å²) in [5.41, 5.74) is 3.00. The van der Waals surface area contributed by atoms with E-state index in [2.05, 4.69) is 25.3 Å². The van der Waals surface area contributed by atoms with E-state index < -0.39 is 0 Å². The van der Waals surface area contributed by atoms with Gasteiger partial charge in [-0.2, -0.15) is 0 Å². The van der Waals surface area contributed by atoms with Crippen LogP contribution >= 0.6 is 0 Å². The maximum Gasteiger partial charge on any atom is 0.316 e. The average Bonchev–Trinajstić information content (AvgIpc) is 2.78. The van der Waals surface area contributed by atoms with Gasteiger partial charge in [-0.15, -0.1) is 0 Å². The van der Waals surface area contributed by atoms with E-state index in [1.165, 1.54) is 26.6 Å². The number of carbonyl (C=O) groups excluding carboxylic acids is 1. The average molecular weight is 393 g/mol. The zero-order chi connectivity index (χ0) is 20.2. The van der Waals surface area contributed by atoms with Crippen molar-refractivity contribution in [1.82, 2.24) is 25.3 Å². The molecule has 1 amide bonds. The molecule has 0 bridgehead atoms. The molecule has 148 valence electrons. The molecule has 4 rings (SSSR count). The van der Waals surface area contributed by atoms with Gasteiger partial charge in [-0.05, 0) is 11.6 Å². The molecule has 0 aliphatic carbocycles. The predicted molar refractivity (Wildman–Crippen MR) is 103 cm³/mol. The fourth-order valence-electron chi connectivity index (χ4n) is 3.13. The van der Waals surface area contributed by atoms with Crippen LogP contribution in [0.2, 0.25) is 0 Å². The molecule has 0 unspecified atom stereocenters. The minimum absolute atomic E-state index is 0.209. The number of carbonyl (C=O) groups is 1. The van der Waals surface area contributed by atoms with E-state index in [1.54, 1.807) is 12.4 Å². The van der Waals surface area contributed by atoms with Crippen LogP contribution in [-0.4, -0.2) is 52.7 Å². The first-order valence-electron chi connectivity index (χ1n) is 8.96. The first kappa shape index (κ1) is 18.6. The van der Waals surface area contributed by atoms with Gasteiger partial charge in [-0.1, -0.05) is 12.1 Å². The van der Waals surface area contributed by atoms with Gasteiger partial charge in [0.15, 0.2) is 0 Å². The molecule has 3 heterocycles. The second kappa shape index (κ2) is 8.09. The van der Waals surface area contributed by atoms with Crippen LogP contribution < -0.4 is 19.5 Å². The summed E-state index contributed by atoms with van der Waals surface area (Å²) >= 11 is 0. The van der Waals surface area contributed by atoms with E-state index in [9.17, 15) is 4.79 Å². The lowest BCUT2D eigenvalue weighted by Gasteiger charge is -2.27. The maximum absolute atomic E-state index is 12.5. The number of ether oxygens (including phenoxy) is 3. The Labute approximate surface area is 167 Å². The van der Waals surface area contributed by atoms with E-state index in [0.29, 0.717) is 24.9 Å². The number of hydrogen-bond donors (Lipinski definition) is 1. The van der Waals surface area contributed by atoms with E-state index in [-0.39, 0.29) is 17.6 Å². The Morgan fingerprint density at radius 3 is 2.59 bits per heavy atom. The second-order valence-corrected chi connectivity index (χ2v) is 6.37. The molecule has 1 N–H and O–H groups in total. The normalized spacial score (nSPS) is 15.0. The van der Waals surface area contributed by atoms with Gasteiger partial charge in [-0.3, -0.25) is 4.79 Å². The van der Waals surface area contributed by atoms with Crippen LogP contribution in [-0.2, 0) is 6.42 Å². The first-order valence-corrected chi connectivity index (χ1v) is 8.96. The van der Waals surface area contributed by atoms with Gasteiger partial charge in [0.05, 0.1) is 32.7 Å². The summed E-state index contributed by atoms with van der Waals surface area (Å²) < 4.78 is 15.9. The van der Waals surface area contributed by atoms with Crippen molar-refractivity contribution >= 4 is 5.91 Å². The molecular weight excluding hydrogens is 374 g/mol. The van der Waals surface area contributed by atoms with Crippen molar-refractivity contribution < 1.29 is 19.0 Å². The number of nitrogens with zero attached hydrogens (tertiary/aromatic N) is 4. The summed E-state index contributed by atoms with van der Waals surface area (Å²) in [6.45, 7) is 0.366. The molecule has 0 radical (unpaired) electrons. The van der Waals surface area contributed by atoms with Gasteiger partial charge < -0.3 is 19.5 Å². The SMILES string of the molecule is COc1cnc(C(=O)N[C@@H]2COc3cccc(-c4cnc(OC)nc4)c3C2)cn1. The highest BCUT2D eigenvalue weighted by Crippen LogP contribution is 2.34. The zero-order valence-corrected chi connectivity index (χ0v) is 16.0. The van der Waals surface area contributed by atoms with Gasteiger partial charge in [0, 0.05) is 29.9 Å².